The average Bonchev–Trinajstić information content (AvgIpc) is 2.94. The summed E-state index contributed by atoms with van der Waals surface area (Å²) >= 11 is 0. The Morgan fingerprint density at radius 1 is 1.43 bits per heavy atom. The Labute approximate surface area is 127 Å². The molecule has 112 valence electrons. The monoisotopic (exact) mass is 309 g/mol. The van der Waals surface area contributed by atoms with Crippen LogP contribution in [-0.4, -0.2) is 34.0 Å². The third kappa shape index (κ3) is 2.88. The van der Waals surface area contributed by atoms with Crippen molar-refractivity contribution in [2.24, 2.45) is 5.73 Å². The number of halogens is 1. The highest BCUT2D eigenvalue weighted by molar-refractivity contribution is 5.85. The van der Waals surface area contributed by atoms with Crippen LogP contribution in [0.2, 0.25) is 0 Å². The molecule has 2 heterocycles. The molecule has 2 aromatic rings. The minimum atomic E-state index is -0.431. The number of nitrogens with two attached hydrogens (primary N) is 1. The molecule has 1 atom stereocenters. The summed E-state index contributed by atoms with van der Waals surface area (Å²) in [4.78, 5) is 21.3. The normalized spacial score (nSPS) is 17.8. The number of nitrogens with zero attached hydrogens (tertiary/aromatic N) is 4. The number of rotatable bonds is 3. The summed E-state index contributed by atoms with van der Waals surface area (Å²) < 4.78 is 0. The van der Waals surface area contributed by atoms with Crippen molar-refractivity contribution < 1.29 is 4.92 Å². The van der Waals surface area contributed by atoms with Crippen molar-refractivity contribution in [1.29, 1.82) is 0 Å². The topological polar surface area (TPSA) is 98.2 Å². The molecule has 0 amide bonds. The largest absolute Gasteiger partial charge is 0.351 e. The fraction of sp³-hybridized carbons (Fsp3) is 0.385. The summed E-state index contributed by atoms with van der Waals surface area (Å²) in [5.41, 5.74) is 6.99. The van der Waals surface area contributed by atoms with Gasteiger partial charge in [0.25, 0.3) is 5.69 Å². The number of anilines is 1. The summed E-state index contributed by atoms with van der Waals surface area (Å²) in [7, 11) is 0. The van der Waals surface area contributed by atoms with E-state index in [1.807, 2.05) is 0 Å². The van der Waals surface area contributed by atoms with Crippen LogP contribution in [0.1, 0.15) is 12.8 Å². The van der Waals surface area contributed by atoms with Crippen molar-refractivity contribution in [2.75, 3.05) is 18.0 Å². The van der Waals surface area contributed by atoms with Gasteiger partial charge in [-0.05, 0) is 18.9 Å². The van der Waals surface area contributed by atoms with E-state index in [1.54, 1.807) is 12.3 Å². The van der Waals surface area contributed by atoms with Gasteiger partial charge in [0.15, 0.2) is 0 Å². The molecular formula is C13H16ClN5O2. The molecule has 1 aliphatic rings. The van der Waals surface area contributed by atoms with Gasteiger partial charge in [-0.2, -0.15) is 0 Å². The Hall–Kier alpha value is -1.99. The van der Waals surface area contributed by atoms with Crippen molar-refractivity contribution in [1.82, 2.24) is 9.97 Å². The van der Waals surface area contributed by atoms with E-state index in [0.29, 0.717) is 23.6 Å². The van der Waals surface area contributed by atoms with Crippen molar-refractivity contribution in [3.63, 3.8) is 0 Å². The van der Waals surface area contributed by atoms with E-state index < -0.39 is 4.92 Å². The van der Waals surface area contributed by atoms with Crippen LogP contribution in [0.5, 0.6) is 0 Å². The molecule has 1 fully saturated rings. The number of benzene rings is 1. The van der Waals surface area contributed by atoms with E-state index in [-0.39, 0.29) is 18.1 Å². The Morgan fingerprint density at radius 3 is 2.95 bits per heavy atom. The molecule has 7 nitrogen and oxygen atoms in total. The lowest BCUT2D eigenvalue weighted by Crippen LogP contribution is -2.35. The van der Waals surface area contributed by atoms with Gasteiger partial charge in [-0.3, -0.25) is 15.1 Å². The first-order valence-electron chi connectivity index (χ1n) is 6.57. The molecule has 0 saturated carbocycles. The van der Waals surface area contributed by atoms with Gasteiger partial charge < -0.3 is 10.6 Å². The molecule has 1 aromatic heterocycles. The van der Waals surface area contributed by atoms with Crippen molar-refractivity contribution in [3.05, 3.63) is 34.5 Å². The Kier molecular flexibility index (Phi) is 4.54. The zero-order chi connectivity index (χ0) is 14.1. The van der Waals surface area contributed by atoms with Gasteiger partial charge in [-0.1, -0.05) is 0 Å². The molecule has 1 saturated heterocycles. The third-order valence-corrected chi connectivity index (χ3v) is 3.67. The van der Waals surface area contributed by atoms with Crippen LogP contribution in [0.3, 0.4) is 0 Å². The molecule has 21 heavy (non-hydrogen) atoms. The first kappa shape index (κ1) is 15.4. The Bertz CT molecular complexity index is 666. The Morgan fingerprint density at radius 2 is 2.24 bits per heavy atom. The second kappa shape index (κ2) is 6.19. The van der Waals surface area contributed by atoms with Crippen LogP contribution in [0.15, 0.2) is 24.4 Å². The maximum Gasteiger partial charge on any atom is 0.271 e. The van der Waals surface area contributed by atoms with E-state index in [2.05, 4.69) is 14.9 Å². The number of fused-ring (bicyclic) bond motifs is 1. The molecule has 0 spiro atoms. The highest BCUT2D eigenvalue weighted by atomic mass is 35.5. The highest BCUT2D eigenvalue weighted by Gasteiger charge is 2.24. The predicted molar refractivity (Wildman–Crippen MR) is 82.9 cm³/mol. The minimum Gasteiger partial charge on any atom is -0.351 e. The molecule has 2 N–H and O–H groups in total. The van der Waals surface area contributed by atoms with Gasteiger partial charge in [0.2, 0.25) is 0 Å². The van der Waals surface area contributed by atoms with Crippen LogP contribution in [0, 0.1) is 10.1 Å². The molecule has 1 aliphatic heterocycles. The summed E-state index contributed by atoms with van der Waals surface area (Å²) in [5, 5.41) is 10.7. The summed E-state index contributed by atoms with van der Waals surface area (Å²) in [5.74, 6) is 0.791. The van der Waals surface area contributed by atoms with Crippen LogP contribution in [-0.2, 0) is 0 Å². The first-order chi connectivity index (χ1) is 9.69. The fourth-order valence-corrected chi connectivity index (χ4v) is 2.62. The molecule has 0 aliphatic carbocycles. The summed E-state index contributed by atoms with van der Waals surface area (Å²) in [6, 6.07) is 4.83. The van der Waals surface area contributed by atoms with Crippen LogP contribution in [0.4, 0.5) is 11.5 Å². The lowest BCUT2D eigenvalue weighted by atomic mass is 10.2. The molecule has 1 aromatic carbocycles. The standard InChI is InChI=1S/C13H15N5O2.ClH/c14-7-10-2-1-5-17(10)13-8-15-12-6-9(18(19)20)3-4-11(12)16-13;/h3-4,6,8,10H,1-2,5,7,14H2;1H. The van der Waals surface area contributed by atoms with Gasteiger partial charge in [0.05, 0.1) is 22.2 Å². The van der Waals surface area contributed by atoms with Gasteiger partial charge in [-0.15, -0.1) is 12.4 Å². The SMILES string of the molecule is Cl.NCC1CCCN1c1cnc2cc([N+](=O)[O-])ccc2n1. The van der Waals surface area contributed by atoms with E-state index in [4.69, 9.17) is 5.73 Å². The average molecular weight is 310 g/mol. The highest BCUT2D eigenvalue weighted by Crippen LogP contribution is 2.25. The number of aromatic nitrogens is 2. The van der Waals surface area contributed by atoms with Crippen LogP contribution >= 0.6 is 12.4 Å². The molecule has 0 radical (unpaired) electrons. The van der Waals surface area contributed by atoms with E-state index in [0.717, 1.165) is 25.2 Å². The fourth-order valence-electron chi connectivity index (χ4n) is 2.62. The third-order valence-electron chi connectivity index (χ3n) is 3.67. The van der Waals surface area contributed by atoms with Crippen LogP contribution < -0.4 is 10.6 Å². The zero-order valence-corrected chi connectivity index (χ0v) is 12.1. The summed E-state index contributed by atoms with van der Waals surface area (Å²) in [6.07, 6.45) is 3.83. The van der Waals surface area contributed by atoms with Crippen molar-refractivity contribution >= 4 is 34.9 Å². The molecule has 8 heteroatoms. The molecule has 1 unspecified atom stereocenters. The number of hydrogen-bond acceptors (Lipinski definition) is 6. The minimum absolute atomic E-state index is 0. The molecule has 0 bridgehead atoms. The van der Waals surface area contributed by atoms with E-state index in [1.165, 1.54) is 12.1 Å². The summed E-state index contributed by atoms with van der Waals surface area (Å²) in [6.45, 7) is 1.52. The van der Waals surface area contributed by atoms with Crippen LogP contribution in [0.25, 0.3) is 11.0 Å². The second-order valence-corrected chi connectivity index (χ2v) is 4.88. The number of nitro groups is 1. The van der Waals surface area contributed by atoms with E-state index >= 15 is 0 Å². The second-order valence-electron chi connectivity index (χ2n) is 4.88. The van der Waals surface area contributed by atoms with Gasteiger partial charge in [0.1, 0.15) is 5.82 Å². The lowest BCUT2D eigenvalue weighted by Gasteiger charge is -2.24. The quantitative estimate of drug-likeness (QED) is 0.686. The molecule has 3 rings (SSSR count). The van der Waals surface area contributed by atoms with Gasteiger partial charge in [-0.25, -0.2) is 4.98 Å². The molecular weight excluding hydrogens is 294 g/mol. The number of hydrogen-bond donors (Lipinski definition) is 1. The number of nitro benzene ring substituents is 1. The maximum atomic E-state index is 10.7. The Balaban J connectivity index is 0.00000161. The first-order valence-corrected chi connectivity index (χ1v) is 6.57. The van der Waals surface area contributed by atoms with Gasteiger partial charge >= 0.3 is 0 Å². The lowest BCUT2D eigenvalue weighted by molar-refractivity contribution is -0.384. The predicted octanol–water partition coefficient (Wildman–Crippen LogP) is 1.89. The number of non-ortho nitro benzene ring substituents is 1. The van der Waals surface area contributed by atoms with Crippen molar-refractivity contribution in [2.45, 2.75) is 18.9 Å². The van der Waals surface area contributed by atoms with Crippen molar-refractivity contribution in [3.8, 4) is 0 Å². The van der Waals surface area contributed by atoms with Gasteiger partial charge in [0, 0.05) is 31.3 Å². The smallest absolute Gasteiger partial charge is 0.271 e. The maximum absolute atomic E-state index is 10.7. The van der Waals surface area contributed by atoms with E-state index in [9.17, 15) is 10.1 Å². The zero-order valence-electron chi connectivity index (χ0n) is 11.3.